The third-order valence-corrected chi connectivity index (χ3v) is 3.54. The summed E-state index contributed by atoms with van der Waals surface area (Å²) in [5, 5.41) is 13.9. The van der Waals surface area contributed by atoms with E-state index in [-0.39, 0.29) is 6.04 Å². The highest BCUT2D eigenvalue weighted by Gasteiger charge is 2.27. The standard InChI is InChI=1S/C15H24N2O2/c1-3-12-4-5-13(17-10-12)8-15(2,18)9-14-11-19-7-6-16-14/h4-5,10,14,16,18H,3,6-9,11H2,1-2H3. The minimum absolute atomic E-state index is 0.235. The van der Waals surface area contributed by atoms with Crippen molar-refractivity contribution in [2.45, 2.75) is 44.8 Å². The number of nitrogens with zero attached hydrogens (tertiary/aromatic N) is 1. The van der Waals surface area contributed by atoms with Crippen LogP contribution in [0, 0.1) is 0 Å². The minimum Gasteiger partial charge on any atom is -0.390 e. The van der Waals surface area contributed by atoms with E-state index >= 15 is 0 Å². The van der Waals surface area contributed by atoms with Crippen molar-refractivity contribution in [3.8, 4) is 0 Å². The zero-order chi connectivity index (χ0) is 13.7. The number of pyridine rings is 1. The van der Waals surface area contributed by atoms with Gasteiger partial charge in [0.15, 0.2) is 0 Å². The first-order valence-corrected chi connectivity index (χ1v) is 7.06. The molecule has 0 amide bonds. The quantitative estimate of drug-likeness (QED) is 0.842. The topological polar surface area (TPSA) is 54.4 Å². The van der Waals surface area contributed by atoms with Gasteiger partial charge < -0.3 is 15.2 Å². The molecule has 1 aromatic heterocycles. The number of rotatable bonds is 5. The van der Waals surface area contributed by atoms with Gasteiger partial charge in [0.1, 0.15) is 0 Å². The van der Waals surface area contributed by atoms with E-state index in [2.05, 4.69) is 23.3 Å². The molecule has 1 fully saturated rings. The Hall–Kier alpha value is -0.970. The summed E-state index contributed by atoms with van der Waals surface area (Å²) >= 11 is 0. The minimum atomic E-state index is -0.751. The number of aliphatic hydroxyl groups is 1. The summed E-state index contributed by atoms with van der Waals surface area (Å²) in [6, 6.07) is 4.33. The van der Waals surface area contributed by atoms with Crippen LogP contribution in [-0.4, -0.2) is 41.5 Å². The lowest BCUT2D eigenvalue weighted by molar-refractivity contribution is 0.00597. The molecule has 0 spiro atoms. The summed E-state index contributed by atoms with van der Waals surface area (Å²) < 4.78 is 5.42. The fraction of sp³-hybridized carbons (Fsp3) is 0.667. The maximum absolute atomic E-state index is 10.5. The van der Waals surface area contributed by atoms with Gasteiger partial charge in [0.05, 0.1) is 18.8 Å². The van der Waals surface area contributed by atoms with Crippen LogP contribution < -0.4 is 5.32 Å². The Morgan fingerprint density at radius 3 is 2.95 bits per heavy atom. The number of aromatic nitrogens is 1. The molecule has 1 aromatic rings. The SMILES string of the molecule is CCc1ccc(CC(C)(O)CC2COCCN2)nc1. The van der Waals surface area contributed by atoms with Gasteiger partial charge in [-0.05, 0) is 31.4 Å². The van der Waals surface area contributed by atoms with Crippen molar-refractivity contribution in [1.82, 2.24) is 10.3 Å². The van der Waals surface area contributed by atoms with Crippen LogP contribution >= 0.6 is 0 Å². The molecule has 1 aliphatic rings. The molecule has 19 heavy (non-hydrogen) atoms. The molecule has 2 heterocycles. The second-order valence-electron chi connectivity index (χ2n) is 5.62. The van der Waals surface area contributed by atoms with Crippen LogP contribution in [0.5, 0.6) is 0 Å². The van der Waals surface area contributed by atoms with E-state index in [1.54, 1.807) is 0 Å². The Kier molecular flexibility index (Phi) is 4.91. The maximum Gasteiger partial charge on any atom is 0.0690 e. The molecule has 1 saturated heterocycles. The zero-order valence-corrected chi connectivity index (χ0v) is 11.9. The van der Waals surface area contributed by atoms with Crippen molar-refractivity contribution in [3.05, 3.63) is 29.6 Å². The normalized spacial score (nSPS) is 23.0. The highest BCUT2D eigenvalue weighted by Crippen LogP contribution is 2.19. The third-order valence-electron chi connectivity index (χ3n) is 3.54. The zero-order valence-electron chi connectivity index (χ0n) is 11.9. The van der Waals surface area contributed by atoms with Gasteiger partial charge in [-0.1, -0.05) is 13.0 Å². The van der Waals surface area contributed by atoms with Crippen LogP contribution in [0.3, 0.4) is 0 Å². The molecule has 0 aromatic carbocycles. The van der Waals surface area contributed by atoms with Gasteiger partial charge in [0.25, 0.3) is 0 Å². The molecule has 0 saturated carbocycles. The van der Waals surface area contributed by atoms with E-state index in [9.17, 15) is 5.11 Å². The predicted octanol–water partition coefficient (Wildman–Crippen LogP) is 1.32. The van der Waals surface area contributed by atoms with Crippen LogP contribution in [0.25, 0.3) is 0 Å². The molecule has 0 aliphatic carbocycles. The van der Waals surface area contributed by atoms with Gasteiger partial charge in [-0.3, -0.25) is 4.98 Å². The van der Waals surface area contributed by atoms with Crippen LogP contribution in [0.1, 0.15) is 31.5 Å². The fourth-order valence-corrected chi connectivity index (χ4v) is 2.51. The molecule has 1 aliphatic heterocycles. The molecule has 2 N–H and O–H groups in total. The van der Waals surface area contributed by atoms with Gasteiger partial charge >= 0.3 is 0 Å². The number of hydrogen-bond acceptors (Lipinski definition) is 4. The smallest absolute Gasteiger partial charge is 0.0690 e. The van der Waals surface area contributed by atoms with E-state index in [4.69, 9.17) is 4.74 Å². The lowest BCUT2D eigenvalue weighted by atomic mass is 9.91. The summed E-state index contributed by atoms with van der Waals surface area (Å²) in [5.41, 5.74) is 1.42. The molecule has 0 radical (unpaired) electrons. The van der Waals surface area contributed by atoms with Crippen LogP contribution in [0.15, 0.2) is 18.3 Å². The summed E-state index contributed by atoms with van der Waals surface area (Å²) in [5.74, 6) is 0. The summed E-state index contributed by atoms with van der Waals surface area (Å²) in [6.45, 7) is 6.29. The summed E-state index contributed by atoms with van der Waals surface area (Å²) in [7, 11) is 0. The lowest BCUT2D eigenvalue weighted by Crippen LogP contribution is -2.46. The Labute approximate surface area is 115 Å². The summed E-state index contributed by atoms with van der Waals surface area (Å²) in [6.07, 6.45) is 4.15. The van der Waals surface area contributed by atoms with Gasteiger partial charge in [0, 0.05) is 30.9 Å². The van der Waals surface area contributed by atoms with Crippen molar-refractivity contribution in [1.29, 1.82) is 0 Å². The monoisotopic (exact) mass is 264 g/mol. The van der Waals surface area contributed by atoms with E-state index in [0.717, 1.165) is 25.3 Å². The molecular weight excluding hydrogens is 240 g/mol. The van der Waals surface area contributed by atoms with E-state index in [0.29, 0.717) is 19.4 Å². The average Bonchev–Trinajstić information content (AvgIpc) is 2.39. The first-order valence-electron chi connectivity index (χ1n) is 7.06. The van der Waals surface area contributed by atoms with Gasteiger partial charge in [-0.25, -0.2) is 0 Å². The van der Waals surface area contributed by atoms with Gasteiger partial charge in [0.2, 0.25) is 0 Å². The molecule has 106 valence electrons. The molecular formula is C15H24N2O2. The van der Waals surface area contributed by atoms with Crippen molar-refractivity contribution < 1.29 is 9.84 Å². The summed E-state index contributed by atoms with van der Waals surface area (Å²) in [4.78, 5) is 4.42. The average molecular weight is 264 g/mol. The number of aryl methyl sites for hydroxylation is 1. The van der Waals surface area contributed by atoms with Gasteiger partial charge in [-0.15, -0.1) is 0 Å². The van der Waals surface area contributed by atoms with E-state index < -0.39 is 5.60 Å². The molecule has 2 rings (SSSR count). The third kappa shape index (κ3) is 4.56. The Morgan fingerprint density at radius 2 is 2.37 bits per heavy atom. The number of ether oxygens (including phenoxy) is 1. The highest BCUT2D eigenvalue weighted by atomic mass is 16.5. The first-order chi connectivity index (χ1) is 9.09. The van der Waals surface area contributed by atoms with E-state index in [1.165, 1.54) is 5.56 Å². The van der Waals surface area contributed by atoms with Crippen molar-refractivity contribution in [2.24, 2.45) is 0 Å². The molecule has 2 unspecified atom stereocenters. The number of morpholine rings is 1. The fourth-order valence-electron chi connectivity index (χ4n) is 2.51. The maximum atomic E-state index is 10.5. The predicted molar refractivity (Wildman–Crippen MR) is 75.2 cm³/mol. The molecule has 2 atom stereocenters. The molecule has 4 heteroatoms. The van der Waals surface area contributed by atoms with Gasteiger partial charge in [-0.2, -0.15) is 0 Å². The Balaban J connectivity index is 1.91. The van der Waals surface area contributed by atoms with Crippen LogP contribution in [-0.2, 0) is 17.6 Å². The van der Waals surface area contributed by atoms with Crippen molar-refractivity contribution >= 4 is 0 Å². The number of hydrogen-bond donors (Lipinski definition) is 2. The number of nitrogens with one attached hydrogen (secondary N) is 1. The van der Waals surface area contributed by atoms with Crippen LogP contribution in [0.2, 0.25) is 0 Å². The van der Waals surface area contributed by atoms with Crippen molar-refractivity contribution in [2.75, 3.05) is 19.8 Å². The second-order valence-corrected chi connectivity index (χ2v) is 5.62. The largest absolute Gasteiger partial charge is 0.390 e. The van der Waals surface area contributed by atoms with E-state index in [1.807, 2.05) is 19.2 Å². The van der Waals surface area contributed by atoms with Crippen molar-refractivity contribution in [3.63, 3.8) is 0 Å². The second kappa shape index (κ2) is 6.46. The molecule has 0 bridgehead atoms. The Bertz CT molecular complexity index is 384. The molecule has 4 nitrogen and oxygen atoms in total. The first kappa shape index (κ1) is 14.4. The Morgan fingerprint density at radius 1 is 1.53 bits per heavy atom. The van der Waals surface area contributed by atoms with Crippen LogP contribution in [0.4, 0.5) is 0 Å². The lowest BCUT2D eigenvalue weighted by Gasteiger charge is -2.31. The highest BCUT2D eigenvalue weighted by molar-refractivity contribution is 5.15.